The van der Waals surface area contributed by atoms with Gasteiger partial charge in [0.1, 0.15) is 0 Å². The first-order chi connectivity index (χ1) is 7.81. The number of nitrogens with two attached hydrogens (primary N) is 1. The molecule has 16 heavy (non-hydrogen) atoms. The Balaban J connectivity index is 1.91. The molecular formula is C13H21N3. The largest absolute Gasteiger partial charge is 0.369 e. The summed E-state index contributed by atoms with van der Waals surface area (Å²) < 4.78 is 0. The van der Waals surface area contributed by atoms with Gasteiger partial charge in [-0.15, -0.1) is 0 Å². The summed E-state index contributed by atoms with van der Waals surface area (Å²) in [5.41, 5.74) is 7.37. The summed E-state index contributed by atoms with van der Waals surface area (Å²) in [4.78, 5) is 4.80. The molecule has 1 aliphatic rings. The highest BCUT2D eigenvalue weighted by molar-refractivity contribution is 5.46. The molecule has 1 fully saturated rings. The molecule has 0 bridgehead atoms. The lowest BCUT2D eigenvalue weighted by Crippen LogP contribution is -2.53. The van der Waals surface area contributed by atoms with E-state index in [1.807, 2.05) is 0 Å². The first kappa shape index (κ1) is 11.4. The topological polar surface area (TPSA) is 32.5 Å². The molecule has 0 amide bonds. The predicted octanol–water partition coefficient (Wildman–Crippen LogP) is 1.50. The van der Waals surface area contributed by atoms with Crippen LogP contribution in [0, 0.1) is 0 Å². The predicted molar refractivity (Wildman–Crippen MR) is 68.5 cm³/mol. The Morgan fingerprint density at radius 1 is 1.12 bits per heavy atom. The lowest BCUT2D eigenvalue weighted by atomic mass is 10.2. The zero-order valence-electron chi connectivity index (χ0n) is 9.97. The van der Waals surface area contributed by atoms with Gasteiger partial charge in [-0.2, -0.15) is 0 Å². The number of hydrogen-bond acceptors (Lipinski definition) is 3. The summed E-state index contributed by atoms with van der Waals surface area (Å²) in [6.45, 7) is 6.46. The molecule has 1 aliphatic heterocycles. The van der Waals surface area contributed by atoms with E-state index in [-0.39, 0.29) is 6.17 Å². The van der Waals surface area contributed by atoms with Gasteiger partial charge < -0.3 is 10.6 Å². The molecule has 0 spiro atoms. The third kappa shape index (κ3) is 2.54. The number of anilines is 1. The van der Waals surface area contributed by atoms with Gasteiger partial charge in [-0.25, -0.2) is 0 Å². The Bertz CT molecular complexity index is 304. The Labute approximate surface area is 97.8 Å². The van der Waals surface area contributed by atoms with Gasteiger partial charge in [-0.1, -0.05) is 25.1 Å². The van der Waals surface area contributed by atoms with E-state index in [2.05, 4.69) is 47.1 Å². The van der Waals surface area contributed by atoms with Crippen molar-refractivity contribution in [3.05, 3.63) is 30.3 Å². The highest BCUT2D eigenvalue weighted by Gasteiger charge is 2.20. The van der Waals surface area contributed by atoms with Crippen LogP contribution in [0.1, 0.15) is 13.3 Å². The number of benzene rings is 1. The minimum Gasteiger partial charge on any atom is -0.369 e. The standard InChI is InChI=1S/C13H21N3/c1-2-13(14)16-10-8-15(9-11-16)12-6-4-3-5-7-12/h3-7,13H,2,8-11,14H2,1H3. The zero-order valence-corrected chi connectivity index (χ0v) is 9.97. The van der Waals surface area contributed by atoms with Gasteiger partial charge in [0.25, 0.3) is 0 Å². The number of nitrogens with zero attached hydrogens (tertiary/aromatic N) is 2. The van der Waals surface area contributed by atoms with E-state index < -0.39 is 0 Å². The first-order valence-corrected chi connectivity index (χ1v) is 6.11. The van der Waals surface area contributed by atoms with E-state index in [0.29, 0.717) is 0 Å². The van der Waals surface area contributed by atoms with Crippen LogP contribution in [0.25, 0.3) is 0 Å². The van der Waals surface area contributed by atoms with Crippen LogP contribution in [-0.4, -0.2) is 37.2 Å². The summed E-state index contributed by atoms with van der Waals surface area (Å²) >= 11 is 0. The van der Waals surface area contributed by atoms with Crippen molar-refractivity contribution < 1.29 is 0 Å². The molecule has 1 aromatic rings. The Morgan fingerprint density at radius 2 is 1.75 bits per heavy atom. The van der Waals surface area contributed by atoms with Crippen LogP contribution in [0.3, 0.4) is 0 Å². The van der Waals surface area contributed by atoms with Crippen molar-refractivity contribution in [3.8, 4) is 0 Å². The number of rotatable bonds is 3. The molecule has 2 N–H and O–H groups in total. The van der Waals surface area contributed by atoms with Gasteiger partial charge in [-0.3, -0.25) is 4.90 Å². The van der Waals surface area contributed by atoms with E-state index in [0.717, 1.165) is 32.6 Å². The lowest BCUT2D eigenvalue weighted by molar-refractivity contribution is 0.184. The van der Waals surface area contributed by atoms with Gasteiger partial charge in [0.2, 0.25) is 0 Å². The van der Waals surface area contributed by atoms with Gasteiger partial charge in [-0.05, 0) is 18.6 Å². The fourth-order valence-electron chi connectivity index (χ4n) is 2.21. The maximum absolute atomic E-state index is 6.04. The van der Waals surface area contributed by atoms with Crippen molar-refractivity contribution in [3.63, 3.8) is 0 Å². The van der Waals surface area contributed by atoms with Crippen molar-refractivity contribution in [1.82, 2.24) is 4.90 Å². The average Bonchev–Trinajstić information content (AvgIpc) is 2.39. The maximum Gasteiger partial charge on any atom is 0.0570 e. The van der Waals surface area contributed by atoms with Crippen molar-refractivity contribution in [2.45, 2.75) is 19.5 Å². The van der Waals surface area contributed by atoms with E-state index in [1.54, 1.807) is 0 Å². The van der Waals surface area contributed by atoms with Gasteiger partial charge in [0.05, 0.1) is 6.17 Å². The second-order valence-electron chi connectivity index (χ2n) is 4.33. The molecule has 2 rings (SSSR count). The summed E-state index contributed by atoms with van der Waals surface area (Å²) in [5.74, 6) is 0. The molecule has 3 heteroatoms. The van der Waals surface area contributed by atoms with Crippen LogP contribution >= 0.6 is 0 Å². The van der Waals surface area contributed by atoms with Crippen molar-refractivity contribution >= 4 is 5.69 Å². The molecule has 0 saturated carbocycles. The Hall–Kier alpha value is -1.06. The quantitative estimate of drug-likeness (QED) is 0.836. The number of hydrogen-bond donors (Lipinski definition) is 1. The molecule has 88 valence electrons. The van der Waals surface area contributed by atoms with Crippen molar-refractivity contribution in [2.24, 2.45) is 5.73 Å². The second kappa shape index (κ2) is 5.32. The van der Waals surface area contributed by atoms with Crippen molar-refractivity contribution in [2.75, 3.05) is 31.1 Å². The molecule has 1 atom stereocenters. The molecule has 3 nitrogen and oxygen atoms in total. The zero-order chi connectivity index (χ0) is 11.4. The molecule has 1 unspecified atom stereocenters. The lowest BCUT2D eigenvalue weighted by Gasteiger charge is -2.38. The normalized spacial score (nSPS) is 19.8. The van der Waals surface area contributed by atoms with Crippen LogP contribution in [-0.2, 0) is 0 Å². The fourth-order valence-corrected chi connectivity index (χ4v) is 2.21. The van der Waals surface area contributed by atoms with E-state index in [1.165, 1.54) is 5.69 Å². The van der Waals surface area contributed by atoms with Gasteiger partial charge in [0, 0.05) is 31.9 Å². The molecule has 0 radical (unpaired) electrons. The highest BCUT2D eigenvalue weighted by atomic mass is 15.3. The highest BCUT2D eigenvalue weighted by Crippen LogP contribution is 2.16. The third-order valence-corrected chi connectivity index (χ3v) is 3.32. The molecule has 1 heterocycles. The second-order valence-corrected chi connectivity index (χ2v) is 4.33. The molecule has 1 saturated heterocycles. The number of piperazine rings is 1. The van der Waals surface area contributed by atoms with Crippen LogP contribution in [0.2, 0.25) is 0 Å². The van der Waals surface area contributed by atoms with Crippen molar-refractivity contribution in [1.29, 1.82) is 0 Å². The van der Waals surface area contributed by atoms with E-state index in [9.17, 15) is 0 Å². The monoisotopic (exact) mass is 219 g/mol. The maximum atomic E-state index is 6.04. The Kier molecular flexibility index (Phi) is 3.80. The minimum atomic E-state index is 0.234. The van der Waals surface area contributed by atoms with Gasteiger partial charge >= 0.3 is 0 Å². The summed E-state index contributed by atoms with van der Waals surface area (Å²) in [6, 6.07) is 10.6. The third-order valence-electron chi connectivity index (χ3n) is 3.32. The SMILES string of the molecule is CCC(N)N1CCN(c2ccccc2)CC1. The van der Waals surface area contributed by atoms with E-state index in [4.69, 9.17) is 5.73 Å². The van der Waals surface area contributed by atoms with Crippen LogP contribution in [0.4, 0.5) is 5.69 Å². The molecule has 1 aromatic carbocycles. The average molecular weight is 219 g/mol. The summed E-state index contributed by atoms with van der Waals surface area (Å²) in [5, 5.41) is 0. The van der Waals surface area contributed by atoms with Gasteiger partial charge in [0.15, 0.2) is 0 Å². The van der Waals surface area contributed by atoms with E-state index >= 15 is 0 Å². The molecule has 0 aliphatic carbocycles. The summed E-state index contributed by atoms with van der Waals surface area (Å²) in [7, 11) is 0. The van der Waals surface area contributed by atoms with Crippen LogP contribution in [0.5, 0.6) is 0 Å². The van der Waals surface area contributed by atoms with Crippen LogP contribution < -0.4 is 10.6 Å². The summed E-state index contributed by atoms with van der Waals surface area (Å²) in [6.07, 6.45) is 1.27. The Morgan fingerprint density at radius 3 is 2.31 bits per heavy atom. The number of para-hydroxylation sites is 1. The fraction of sp³-hybridized carbons (Fsp3) is 0.538. The van der Waals surface area contributed by atoms with Crippen LogP contribution in [0.15, 0.2) is 30.3 Å². The minimum absolute atomic E-state index is 0.234. The smallest absolute Gasteiger partial charge is 0.0570 e. The molecular weight excluding hydrogens is 198 g/mol. The first-order valence-electron chi connectivity index (χ1n) is 6.11. The molecule has 0 aromatic heterocycles.